The minimum absolute atomic E-state index is 0.707. The van der Waals surface area contributed by atoms with Crippen molar-refractivity contribution in [1.82, 2.24) is 4.90 Å². The average Bonchev–Trinajstić information content (AvgIpc) is 1.96. The van der Waals surface area contributed by atoms with E-state index in [4.69, 9.17) is 0 Å². The zero-order chi connectivity index (χ0) is 9.56. The Morgan fingerprint density at radius 3 is 2.00 bits per heavy atom. The predicted molar refractivity (Wildman–Crippen MR) is 56.5 cm³/mol. The minimum Gasteiger partial charge on any atom is -0.301 e. The molecular weight excluding hydrogens is 146 g/mol. The van der Waals surface area contributed by atoms with Crippen molar-refractivity contribution in [3.8, 4) is 0 Å². The Morgan fingerprint density at radius 1 is 1.08 bits per heavy atom. The van der Waals surface area contributed by atoms with Gasteiger partial charge in [0.1, 0.15) is 0 Å². The molecule has 0 N–H and O–H groups in total. The zero-order valence-corrected chi connectivity index (χ0v) is 9.43. The fourth-order valence-electron chi connectivity index (χ4n) is 1.39. The molecule has 74 valence electrons. The summed E-state index contributed by atoms with van der Waals surface area (Å²) < 4.78 is 0. The molecule has 0 aromatic carbocycles. The maximum atomic E-state index is 2.58. The summed E-state index contributed by atoms with van der Waals surface area (Å²) in [6, 6.07) is 0.707. The second kappa shape index (κ2) is 6.47. The number of unbranched alkanes of at least 4 members (excludes halogenated alkanes) is 1. The van der Waals surface area contributed by atoms with Crippen LogP contribution >= 0.6 is 0 Å². The van der Waals surface area contributed by atoms with E-state index >= 15 is 0 Å². The van der Waals surface area contributed by atoms with E-state index in [-0.39, 0.29) is 0 Å². The summed E-state index contributed by atoms with van der Waals surface area (Å²) in [5.74, 6) is 0.796. The maximum absolute atomic E-state index is 2.58. The standard InChI is InChI=1S/C11H25N/c1-6-7-8-12(11(4)5)9-10(2)3/h10-11H,6-9H2,1-5H3. The third-order valence-electron chi connectivity index (χ3n) is 2.13. The van der Waals surface area contributed by atoms with Gasteiger partial charge >= 0.3 is 0 Å². The third kappa shape index (κ3) is 5.59. The van der Waals surface area contributed by atoms with E-state index in [1.165, 1.54) is 25.9 Å². The van der Waals surface area contributed by atoms with Crippen LogP contribution in [0.25, 0.3) is 0 Å². The molecule has 0 aromatic heterocycles. The van der Waals surface area contributed by atoms with Gasteiger partial charge < -0.3 is 4.90 Å². The monoisotopic (exact) mass is 171 g/mol. The lowest BCUT2D eigenvalue weighted by Gasteiger charge is -2.27. The molecule has 0 saturated carbocycles. The Morgan fingerprint density at radius 2 is 1.67 bits per heavy atom. The molecule has 0 aliphatic heterocycles. The van der Waals surface area contributed by atoms with Gasteiger partial charge in [-0.05, 0) is 32.7 Å². The van der Waals surface area contributed by atoms with Crippen LogP contribution in [0.2, 0.25) is 0 Å². The molecule has 0 aliphatic carbocycles. The van der Waals surface area contributed by atoms with Crippen LogP contribution in [-0.2, 0) is 0 Å². The van der Waals surface area contributed by atoms with Crippen LogP contribution < -0.4 is 0 Å². The summed E-state index contributed by atoms with van der Waals surface area (Å²) in [5, 5.41) is 0. The molecule has 0 aliphatic rings. The molecule has 1 heteroatoms. The Hall–Kier alpha value is -0.0400. The van der Waals surface area contributed by atoms with Crippen LogP contribution in [0.1, 0.15) is 47.5 Å². The minimum atomic E-state index is 0.707. The van der Waals surface area contributed by atoms with Crippen molar-refractivity contribution in [2.24, 2.45) is 5.92 Å². The first kappa shape index (κ1) is 12.0. The van der Waals surface area contributed by atoms with Gasteiger partial charge in [-0.2, -0.15) is 0 Å². The Kier molecular flexibility index (Phi) is 6.45. The van der Waals surface area contributed by atoms with E-state index in [0.29, 0.717) is 6.04 Å². The maximum Gasteiger partial charge on any atom is 0.00387 e. The number of hydrogen-bond donors (Lipinski definition) is 0. The summed E-state index contributed by atoms with van der Waals surface area (Å²) >= 11 is 0. The molecule has 0 amide bonds. The van der Waals surface area contributed by atoms with Gasteiger partial charge in [-0.1, -0.05) is 27.2 Å². The first-order valence-electron chi connectivity index (χ1n) is 5.32. The Labute approximate surface area is 78.1 Å². The molecule has 0 heterocycles. The lowest BCUT2D eigenvalue weighted by molar-refractivity contribution is 0.195. The molecule has 0 radical (unpaired) electrons. The first-order chi connectivity index (χ1) is 5.57. The van der Waals surface area contributed by atoms with Crippen molar-refractivity contribution in [1.29, 1.82) is 0 Å². The molecule has 0 spiro atoms. The van der Waals surface area contributed by atoms with Crippen LogP contribution in [0.3, 0.4) is 0 Å². The Balaban J connectivity index is 3.70. The van der Waals surface area contributed by atoms with E-state index in [1.54, 1.807) is 0 Å². The highest BCUT2D eigenvalue weighted by atomic mass is 15.1. The van der Waals surface area contributed by atoms with Gasteiger partial charge in [0.25, 0.3) is 0 Å². The Bertz CT molecular complexity index is 97.2. The molecule has 0 aromatic rings. The van der Waals surface area contributed by atoms with E-state index in [9.17, 15) is 0 Å². The van der Waals surface area contributed by atoms with Crippen molar-refractivity contribution in [3.63, 3.8) is 0 Å². The van der Waals surface area contributed by atoms with Gasteiger partial charge in [-0.25, -0.2) is 0 Å². The molecule has 1 nitrogen and oxygen atoms in total. The van der Waals surface area contributed by atoms with Gasteiger partial charge in [0.2, 0.25) is 0 Å². The molecular formula is C11H25N. The molecule has 12 heavy (non-hydrogen) atoms. The first-order valence-corrected chi connectivity index (χ1v) is 5.32. The summed E-state index contributed by atoms with van der Waals surface area (Å²) in [6.45, 7) is 13.9. The van der Waals surface area contributed by atoms with Crippen molar-refractivity contribution in [2.75, 3.05) is 13.1 Å². The smallest absolute Gasteiger partial charge is 0.00387 e. The van der Waals surface area contributed by atoms with Crippen molar-refractivity contribution in [3.05, 3.63) is 0 Å². The number of rotatable bonds is 6. The zero-order valence-electron chi connectivity index (χ0n) is 9.43. The van der Waals surface area contributed by atoms with Crippen molar-refractivity contribution >= 4 is 0 Å². The quantitative estimate of drug-likeness (QED) is 0.593. The lowest BCUT2D eigenvalue weighted by atomic mass is 10.1. The van der Waals surface area contributed by atoms with Crippen molar-refractivity contribution < 1.29 is 0 Å². The highest BCUT2D eigenvalue weighted by molar-refractivity contribution is 4.64. The highest BCUT2D eigenvalue weighted by Crippen LogP contribution is 2.05. The summed E-state index contributed by atoms with van der Waals surface area (Å²) in [5.41, 5.74) is 0. The van der Waals surface area contributed by atoms with Crippen LogP contribution in [0.15, 0.2) is 0 Å². The van der Waals surface area contributed by atoms with Crippen LogP contribution in [0, 0.1) is 5.92 Å². The van der Waals surface area contributed by atoms with Crippen molar-refractivity contribution in [2.45, 2.75) is 53.5 Å². The SMILES string of the molecule is CCCCN(CC(C)C)C(C)C. The van der Waals surface area contributed by atoms with Gasteiger partial charge in [-0.15, -0.1) is 0 Å². The van der Waals surface area contributed by atoms with E-state index in [0.717, 1.165) is 5.92 Å². The van der Waals surface area contributed by atoms with E-state index in [1.807, 2.05) is 0 Å². The van der Waals surface area contributed by atoms with Gasteiger partial charge in [0.15, 0.2) is 0 Å². The van der Waals surface area contributed by atoms with E-state index in [2.05, 4.69) is 39.5 Å². The molecule has 0 saturated heterocycles. The molecule has 0 atom stereocenters. The average molecular weight is 171 g/mol. The second-order valence-corrected chi connectivity index (χ2v) is 4.34. The molecule has 0 unspecified atom stereocenters. The van der Waals surface area contributed by atoms with Crippen LogP contribution in [0.5, 0.6) is 0 Å². The van der Waals surface area contributed by atoms with Crippen LogP contribution in [-0.4, -0.2) is 24.0 Å². The fraction of sp³-hybridized carbons (Fsp3) is 1.00. The predicted octanol–water partition coefficient (Wildman–Crippen LogP) is 3.15. The lowest BCUT2D eigenvalue weighted by Crippen LogP contribution is -2.34. The second-order valence-electron chi connectivity index (χ2n) is 4.34. The van der Waals surface area contributed by atoms with Crippen LogP contribution in [0.4, 0.5) is 0 Å². The molecule has 0 bridgehead atoms. The largest absolute Gasteiger partial charge is 0.301 e. The summed E-state index contributed by atoms with van der Waals surface area (Å²) in [7, 11) is 0. The van der Waals surface area contributed by atoms with Gasteiger partial charge in [0.05, 0.1) is 0 Å². The third-order valence-corrected chi connectivity index (χ3v) is 2.13. The van der Waals surface area contributed by atoms with Gasteiger partial charge in [-0.3, -0.25) is 0 Å². The number of hydrogen-bond acceptors (Lipinski definition) is 1. The summed E-state index contributed by atoms with van der Waals surface area (Å²) in [4.78, 5) is 2.58. The highest BCUT2D eigenvalue weighted by Gasteiger charge is 2.09. The number of nitrogens with zero attached hydrogens (tertiary/aromatic N) is 1. The fourth-order valence-corrected chi connectivity index (χ4v) is 1.39. The normalized spacial score (nSPS) is 12.0. The topological polar surface area (TPSA) is 3.24 Å². The van der Waals surface area contributed by atoms with E-state index < -0.39 is 0 Å². The molecule has 0 fully saturated rings. The molecule has 0 rings (SSSR count). The van der Waals surface area contributed by atoms with Gasteiger partial charge in [0, 0.05) is 12.6 Å². The summed E-state index contributed by atoms with van der Waals surface area (Å²) in [6.07, 6.45) is 2.65.